The van der Waals surface area contributed by atoms with Gasteiger partial charge in [0.2, 0.25) is 17.6 Å². The number of aromatic nitrogens is 2. The lowest BCUT2D eigenvalue weighted by atomic mass is 9.91. The summed E-state index contributed by atoms with van der Waals surface area (Å²) in [6.45, 7) is 6.10. The molecule has 0 saturated carbocycles. The highest BCUT2D eigenvalue weighted by molar-refractivity contribution is 6.30. The molecule has 0 radical (unpaired) electrons. The fourth-order valence-electron chi connectivity index (χ4n) is 2.87. The zero-order valence-corrected chi connectivity index (χ0v) is 17.0. The Kier molecular flexibility index (Phi) is 6.15. The van der Waals surface area contributed by atoms with Crippen LogP contribution in [0.15, 0.2) is 59.1 Å². The van der Waals surface area contributed by atoms with E-state index in [0.29, 0.717) is 29.6 Å². The van der Waals surface area contributed by atoms with E-state index < -0.39 is 6.04 Å². The summed E-state index contributed by atoms with van der Waals surface area (Å²) in [6, 6.07) is 16.8. The van der Waals surface area contributed by atoms with Crippen LogP contribution in [0.3, 0.4) is 0 Å². The monoisotopic (exact) mass is 397 g/mol. The molecule has 146 valence electrons. The van der Waals surface area contributed by atoms with Crippen LogP contribution >= 0.6 is 11.6 Å². The van der Waals surface area contributed by atoms with Gasteiger partial charge in [0.15, 0.2) is 0 Å². The van der Waals surface area contributed by atoms with Crippen molar-refractivity contribution in [1.29, 1.82) is 0 Å². The number of rotatable bonds is 6. The van der Waals surface area contributed by atoms with E-state index in [-0.39, 0.29) is 11.3 Å². The van der Waals surface area contributed by atoms with Gasteiger partial charge in [-0.15, -0.1) is 0 Å². The van der Waals surface area contributed by atoms with Gasteiger partial charge in [-0.3, -0.25) is 4.79 Å². The lowest BCUT2D eigenvalue weighted by Crippen LogP contribution is -2.32. The predicted molar refractivity (Wildman–Crippen MR) is 110 cm³/mol. The van der Waals surface area contributed by atoms with Gasteiger partial charge >= 0.3 is 0 Å². The van der Waals surface area contributed by atoms with E-state index in [1.807, 2.05) is 63.2 Å². The average Bonchev–Trinajstić information content (AvgIpc) is 3.11. The zero-order chi connectivity index (χ0) is 20.1. The molecule has 1 amide bonds. The highest BCUT2D eigenvalue weighted by Gasteiger charge is 2.24. The van der Waals surface area contributed by atoms with Crippen molar-refractivity contribution >= 4 is 17.5 Å². The summed E-state index contributed by atoms with van der Waals surface area (Å²) in [7, 11) is 0. The van der Waals surface area contributed by atoms with Crippen molar-refractivity contribution in [3.05, 3.63) is 71.1 Å². The van der Waals surface area contributed by atoms with E-state index in [2.05, 4.69) is 15.5 Å². The minimum absolute atomic E-state index is 0.0420. The number of nitrogens with zero attached hydrogens (tertiary/aromatic N) is 2. The second kappa shape index (κ2) is 8.57. The van der Waals surface area contributed by atoms with Crippen LogP contribution in [-0.2, 0) is 11.2 Å². The third kappa shape index (κ3) is 5.67. The van der Waals surface area contributed by atoms with Crippen LogP contribution in [0.5, 0.6) is 0 Å². The van der Waals surface area contributed by atoms with Gasteiger partial charge in [-0.1, -0.05) is 67.9 Å². The number of nitrogens with one attached hydrogen (secondary N) is 1. The van der Waals surface area contributed by atoms with Gasteiger partial charge in [-0.2, -0.15) is 4.98 Å². The summed E-state index contributed by atoms with van der Waals surface area (Å²) in [4.78, 5) is 17.1. The topological polar surface area (TPSA) is 68.0 Å². The first-order valence-electron chi connectivity index (χ1n) is 9.23. The number of benzene rings is 2. The van der Waals surface area contributed by atoms with Crippen molar-refractivity contribution < 1.29 is 9.32 Å². The summed E-state index contributed by atoms with van der Waals surface area (Å²) < 4.78 is 5.51. The normalized spacial score (nSPS) is 12.6. The number of amides is 1. The van der Waals surface area contributed by atoms with Gasteiger partial charge in [0.05, 0.1) is 0 Å². The summed E-state index contributed by atoms with van der Waals surface area (Å²) in [5, 5.41) is 7.78. The molecular formula is C22H24ClN3O2. The highest BCUT2D eigenvalue weighted by Crippen LogP contribution is 2.24. The first kappa shape index (κ1) is 20.1. The van der Waals surface area contributed by atoms with Crippen LogP contribution in [0.25, 0.3) is 11.4 Å². The smallest absolute Gasteiger partial charge is 0.249 e. The summed E-state index contributed by atoms with van der Waals surface area (Å²) in [6.07, 6.45) is 0.982. The minimum atomic E-state index is -0.397. The molecule has 0 aliphatic rings. The molecule has 28 heavy (non-hydrogen) atoms. The molecule has 1 atom stereocenters. The van der Waals surface area contributed by atoms with E-state index >= 15 is 0 Å². The van der Waals surface area contributed by atoms with Crippen molar-refractivity contribution in [3.63, 3.8) is 0 Å². The van der Waals surface area contributed by atoms with E-state index in [0.717, 1.165) is 11.1 Å². The van der Waals surface area contributed by atoms with Crippen molar-refractivity contribution in [2.75, 3.05) is 0 Å². The largest absolute Gasteiger partial charge is 0.344 e. The van der Waals surface area contributed by atoms with Crippen LogP contribution in [-0.4, -0.2) is 16.0 Å². The van der Waals surface area contributed by atoms with Gasteiger partial charge in [0.25, 0.3) is 0 Å². The number of hydrogen-bond acceptors (Lipinski definition) is 4. The van der Waals surface area contributed by atoms with E-state index in [1.165, 1.54) is 0 Å². The Morgan fingerprint density at radius 2 is 1.79 bits per heavy atom. The lowest BCUT2D eigenvalue weighted by Gasteiger charge is -2.20. The maximum absolute atomic E-state index is 12.5. The molecule has 0 fully saturated rings. The maximum atomic E-state index is 12.5. The third-order valence-electron chi connectivity index (χ3n) is 4.15. The van der Waals surface area contributed by atoms with Crippen LogP contribution in [0.4, 0.5) is 0 Å². The highest BCUT2D eigenvalue weighted by atomic mass is 35.5. The Bertz CT molecular complexity index is 915. The predicted octanol–water partition coefficient (Wildman–Crippen LogP) is 5.23. The molecule has 0 aliphatic heterocycles. The molecule has 3 aromatic rings. The molecule has 1 aromatic heterocycles. The molecule has 1 heterocycles. The van der Waals surface area contributed by atoms with E-state index in [4.69, 9.17) is 16.1 Å². The van der Waals surface area contributed by atoms with Gasteiger partial charge in [-0.25, -0.2) is 0 Å². The fourth-order valence-corrected chi connectivity index (χ4v) is 3.00. The van der Waals surface area contributed by atoms with Gasteiger partial charge in [-0.05, 0) is 35.2 Å². The van der Waals surface area contributed by atoms with Crippen molar-refractivity contribution in [3.8, 4) is 11.4 Å². The molecule has 3 rings (SSSR count). The lowest BCUT2D eigenvalue weighted by molar-refractivity contribution is -0.123. The molecule has 0 saturated heterocycles. The number of carbonyl (C=O) groups excluding carboxylic acids is 1. The van der Waals surface area contributed by atoms with Crippen LogP contribution in [0.2, 0.25) is 5.02 Å². The number of carbonyl (C=O) groups is 1. The van der Waals surface area contributed by atoms with Crippen molar-refractivity contribution in [1.82, 2.24) is 15.5 Å². The molecule has 0 bridgehead atoms. The fraction of sp³-hybridized carbons (Fsp3) is 0.318. The molecule has 1 N–H and O–H groups in total. The average molecular weight is 398 g/mol. The molecule has 0 unspecified atom stereocenters. The van der Waals surface area contributed by atoms with E-state index in [1.54, 1.807) is 12.1 Å². The minimum Gasteiger partial charge on any atom is -0.344 e. The third-order valence-corrected chi connectivity index (χ3v) is 4.40. The Hall–Kier alpha value is -2.66. The van der Waals surface area contributed by atoms with Crippen molar-refractivity contribution in [2.24, 2.45) is 5.41 Å². The van der Waals surface area contributed by atoms with Gasteiger partial charge in [0.1, 0.15) is 6.04 Å². The molecule has 6 heteroatoms. The summed E-state index contributed by atoms with van der Waals surface area (Å²) in [5.74, 6) is 0.811. The maximum Gasteiger partial charge on any atom is 0.249 e. The first-order chi connectivity index (χ1) is 13.3. The van der Waals surface area contributed by atoms with Crippen LogP contribution in [0, 0.1) is 5.41 Å². The van der Waals surface area contributed by atoms with Gasteiger partial charge in [0, 0.05) is 23.4 Å². The Morgan fingerprint density at radius 1 is 1.11 bits per heavy atom. The number of hydrogen-bond donors (Lipinski definition) is 1. The Labute approximate surface area is 170 Å². The van der Waals surface area contributed by atoms with E-state index in [9.17, 15) is 4.79 Å². The molecular weight excluding hydrogens is 374 g/mol. The molecule has 5 nitrogen and oxygen atoms in total. The number of halogens is 1. The molecule has 0 aliphatic carbocycles. The Morgan fingerprint density at radius 3 is 2.43 bits per heavy atom. The summed E-state index contributed by atoms with van der Waals surface area (Å²) >= 11 is 5.94. The Balaban J connectivity index is 1.83. The second-order valence-electron chi connectivity index (χ2n) is 8.01. The SMILES string of the molecule is CC(C)(C)CC(=O)N[C@@H](Cc1ccccc1)c1nc(-c2ccc(Cl)cc2)no1. The molecule has 2 aromatic carbocycles. The molecule has 0 spiro atoms. The first-order valence-corrected chi connectivity index (χ1v) is 9.61. The quantitative estimate of drug-likeness (QED) is 0.618. The second-order valence-corrected chi connectivity index (χ2v) is 8.45. The summed E-state index contributed by atoms with van der Waals surface area (Å²) in [5.41, 5.74) is 1.78. The van der Waals surface area contributed by atoms with Crippen LogP contribution in [0.1, 0.15) is 44.7 Å². The van der Waals surface area contributed by atoms with Crippen molar-refractivity contribution in [2.45, 2.75) is 39.7 Å². The standard InChI is InChI=1S/C22H24ClN3O2/c1-22(2,3)14-19(27)24-18(13-15-7-5-4-6-8-15)21-25-20(26-28-21)16-9-11-17(23)12-10-16/h4-12,18H,13-14H2,1-3H3,(H,24,27)/t18-/m0/s1. The van der Waals surface area contributed by atoms with Gasteiger partial charge < -0.3 is 9.84 Å². The zero-order valence-electron chi connectivity index (χ0n) is 16.3. The van der Waals surface area contributed by atoms with Crippen LogP contribution < -0.4 is 5.32 Å².